The maximum atomic E-state index is 11.6. The van der Waals surface area contributed by atoms with E-state index in [1.54, 1.807) is 6.26 Å². The smallest absolute Gasteiger partial charge is 0.220 e. The van der Waals surface area contributed by atoms with Gasteiger partial charge in [0.25, 0.3) is 0 Å². The second-order valence-electron chi connectivity index (χ2n) is 5.84. The summed E-state index contributed by atoms with van der Waals surface area (Å²) >= 11 is 0. The van der Waals surface area contributed by atoms with Gasteiger partial charge in [0.2, 0.25) is 5.91 Å². The topological polar surface area (TPSA) is 42.2 Å². The van der Waals surface area contributed by atoms with E-state index in [1.165, 1.54) is 0 Å². The van der Waals surface area contributed by atoms with Crippen molar-refractivity contribution in [2.45, 2.75) is 46.1 Å². The third-order valence-electron chi connectivity index (χ3n) is 3.61. The fourth-order valence-electron chi connectivity index (χ4n) is 2.72. The van der Waals surface area contributed by atoms with E-state index in [2.05, 4.69) is 26.1 Å². The van der Waals surface area contributed by atoms with Crippen LogP contribution in [0, 0.1) is 11.3 Å². The quantitative estimate of drug-likeness (QED) is 0.872. The zero-order valence-electron chi connectivity index (χ0n) is 10.8. The van der Waals surface area contributed by atoms with Crippen LogP contribution < -0.4 is 5.32 Å². The summed E-state index contributed by atoms with van der Waals surface area (Å²) in [4.78, 5) is 11.6. The van der Waals surface area contributed by atoms with Gasteiger partial charge in [0.15, 0.2) is 0 Å². The van der Waals surface area contributed by atoms with E-state index in [0.717, 1.165) is 18.6 Å². The van der Waals surface area contributed by atoms with E-state index in [1.807, 2.05) is 12.1 Å². The molecule has 1 aliphatic heterocycles. The standard InChI is InChI=1S/C14H21NO2/c1-10(2)7-12-14(3,9-13(16)15-12)8-11-5-4-6-17-11/h4-6,10,12H,7-9H2,1-3H3,(H,15,16). The molecule has 2 heterocycles. The molecule has 1 saturated heterocycles. The van der Waals surface area contributed by atoms with E-state index >= 15 is 0 Å². The Morgan fingerprint density at radius 3 is 2.94 bits per heavy atom. The lowest BCUT2D eigenvalue weighted by Crippen LogP contribution is -2.37. The molecular weight excluding hydrogens is 214 g/mol. The van der Waals surface area contributed by atoms with Crippen LogP contribution in [-0.4, -0.2) is 11.9 Å². The highest BCUT2D eigenvalue weighted by Crippen LogP contribution is 2.38. The minimum Gasteiger partial charge on any atom is -0.469 e. The molecule has 1 fully saturated rings. The Balaban J connectivity index is 2.12. The van der Waals surface area contributed by atoms with Crippen LogP contribution in [0.3, 0.4) is 0 Å². The van der Waals surface area contributed by atoms with E-state index < -0.39 is 0 Å². The fourth-order valence-corrected chi connectivity index (χ4v) is 2.72. The van der Waals surface area contributed by atoms with Crippen molar-refractivity contribution in [3.8, 4) is 0 Å². The first kappa shape index (κ1) is 12.2. The average Bonchev–Trinajstić information content (AvgIpc) is 2.75. The van der Waals surface area contributed by atoms with Crippen LogP contribution >= 0.6 is 0 Å². The van der Waals surface area contributed by atoms with Gasteiger partial charge >= 0.3 is 0 Å². The van der Waals surface area contributed by atoms with Gasteiger partial charge in [-0.3, -0.25) is 4.79 Å². The van der Waals surface area contributed by atoms with Gasteiger partial charge in [-0.25, -0.2) is 0 Å². The lowest BCUT2D eigenvalue weighted by atomic mass is 9.76. The van der Waals surface area contributed by atoms with Crippen molar-refractivity contribution in [3.63, 3.8) is 0 Å². The van der Waals surface area contributed by atoms with Crippen LogP contribution in [0.25, 0.3) is 0 Å². The van der Waals surface area contributed by atoms with Crippen molar-refractivity contribution in [2.75, 3.05) is 0 Å². The molecule has 0 spiro atoms. The SMILES string of the molecule is CC(C)CC1NC(=O)CC1(C)Cc1ccco1. The molecule has 17 heavy (non-hydrogen) atoms. The van der Waals surface area contributed by atoms with Gasteiger partial charge in [0.1, 0.15) is 5.76 Å². The summed E-state index contributed by atoms with van der Waals surface area (Å²) in [7, 11) is 0. The Bertz CT molecular complexity index is 383. The number of hydrogen-bond acceptors (Lipinski definition) is 2. The molecule has 0 radical (unpaired) electrons. The van der Waals surface area contributed by atoms with Gasteiger partial charge < -0.3 is 9.73 Å². The van der Waals surface area contributed by atoms with Gasteiger partial charge in [-0.1, -0.05) is 20.8 Å². The van der Waals surface area contributed by atoms with Crippen molar-refractivity contribution in [2.24, 2.45) is 11.3 Å². The van der Waals surface area contributed by atoms with Crippen LogP contribution in [0.2, 0.25) is 0 Å². The summed E-state index contributed by atoms with van der Waals surface area (Å²) in [5.74, 6) is 1.73. The highest BCUT2D eigenvalue weighted by Gasteiger charge is 2.43. The van der Waals surface area contributed by atoms with E-state index in [-0.39, 0.29) is 17.4 Å². The first-order valence-electron chi connectivity index (χ1n) is 6.31. The Labute approximate surface area is 103 Å². The molecule has 2 atom stereocenters. The molecule has 3 heteroatoms. The summed E-state index contributed by atoms with van der Waals surface area (Å²) in [6.45, 7) is 6.57. The minimum atomic E-state index is -0.0147. The lowest BCUT2D eigenvalue weighted by Gasteiger charge is -2.30. The minimum absolute atomic E-state index is 0.0147. The third-order valence-corrected chi connectivity index (χ3v) is 3.61. The zero-order chi connectivity index (χ0) is 12.5. The number of rotatable bonds is 4. The molecule has 0 saturated carbocycles. The molecule has 0 aliphatic carbocycles. The van der Waals surface area contributed by atoms with Crippen molar-refractivity contribution < 1.29 is 9.21 Å². The van der Waals surface area contributed by atoms with Crippen molar-refractivity contribution >= 4 is 5.91 Å². The summed E-state index contributed by atoms with van der Waals surface area (Å²) in [6, 6.07) is 4.15. The number of carbonyl (C=O) groups excluding carboxylic acids is 1. The van der Waals surface area contributed by atoms with Crippen molar-refractivity contribution in [3.05, 3.63) is 24.2 Å². The molecular formula is C14H21NO2. The number of furan rings is 1. The summed E-state index contributed by atoms with van der Waals surface area (Å²) in [5.41, 5.74) is -0.0147. The molecule has 1 N–H and O–H groups in total. The van der Waals surface area contributed by atoms with Crippen LogP contribution in [0.5, 0.6) is 0 Å². The molecule has 1 aromatic rings. The summed E-state index contributed by atoms with van der Waals surface area (Å²) in [6.07, 6.45) is 4.16. The molecule has 1 aliphatic rings. The molecule has 2 unspecified atom stereocenters. The first-order chi connectivity index (χ1) is 7.99. The predicted octanol–water partition coefficient (Wildman–Crippen LogP) is 2.76. The highest BCUT2D eigenvalue weighted by atomic mass is 16.3. The van der Waals surface area contributed by atoms with E-state index in [4.69, 9.17) is 4.42 Å². The number of nitrogens with one attached hydrogen (secondary N) is 1. The fraction of sp³-hybridized carbons (Fsp3) is 0.643. The van der Waals surface area contributed by atoms with Gasteiger partial charge in [0, 0.05) is 24.3 Å². The molecule has 3 nitrogen and oxygen atoms in total. The Kier molecular flexibility index (Phi) is 3.27. The van der Waals surface area contributed by atoms with E-state index in [0.29, 0.717) is 12.3 Å². The van der Waals surface area contributed by atoms with Crippen LogP contribution in [0.15, 0.2) is 22.8 Å². The predicted molar refractivity (Wildman–Crippen MR) is 66.5 cm³/mol. The van der Waals surface area contributed by atoms with Gasteiger partial charge in [-0.2, -0.15) is 0 Å². The monoisotopic (exact) mass is 235 g/mol. The second-order valence-corrected chi connectivity index (χ2v) is 5.84. The van der Waals surface area contributed by atoms with E-state index in [9.17, 15) is 4.79 Å². The molecule has 1 amide bonds. The van der Waals surface area contributed by atoms with Crippen molar-refractivity contribution in [1.82, 2.24) is 5.32 Å². The number of carbonyl (C=O) groups is 1. The van der Waals surface area contributed by atoms with Crippen molar-refractivity contribution in [1.29, 1.82) is 0 Å². The highest BCUT2D eigenvalue weighted by molar-refractivity contribution is 5.79. The van der Waals surface area contributed by atoms with Gasteiger partial charge in [0.05, 0.1) is 6.26 Å². The Morgan fingerprint density at radius 2 is 2.35 bits per heavy atom. The molecule has 0 bridgehead atoms. The molecule has 94 valence electrons. The van der Waals surface area contributed by atoms with Gasteiger partial charge in [-0.15, -0.1) is 0 Å². The molecule has 0 aromatic carbocycles. The summed E-state index contributed by atoms with van der Waals surface area (Å²) < 4.78 is 5.41. The zero-order valence-corrected chi connectivity index (χ0v) is 10.8. The third kappa shape index (κ3) is 2.71. The van der Waals surface area contributed by atoms with Crippen LogP contribution in [0.1, 0.15) is 39.4 Å². The largest absolute Gasteiger partial charge is 0.469 e. The van der Waals surface area contributed by atoms with Crippen LogP contribution in [0.4, 0.5) is 0 Å². The Hall–Kier alpha value is -1.25. The average molecular weight is 235 g/mol. The maximum absolute atomic E-state index is 11.6. The first-order valence-corrected chi connectivity index (χ1v) is 6.31. The molecule has 1 aromatic heterocycles. The second kappa shape index (κ2) is 4.55. The molecule has 2 rings (SSSR count). The maximum Gasteiger partial charge on any atom is 0.220 e. The number of hydrogen-bond donors (Lipinski definition) is 1. The lowest BCUT2D eigenvalue weighted by molar-refractivity contribution is -0.119. The van der Waals surface area contributed by atoms with Gasteiger partial charge in [-0.05, 0) is 24.5 Å². The summed E-state index contributed by atoms with van der Waals surface area (Å²) in [5, 5.41) is 3.11. The number of amides is 1. The van der Waals surface area contributed by atoms with Crippen LogP contribution in [-0.2, 0) is 11.2 Å². The normalized spacial score (nSPS) is 28.7. The Morgan fingerprint density at radius 1 is 1.59 bits per heavy atom.